The van der Waals surface area contributed by atoms with Crippen LogP contribution in [0, 0.1) is 6.92 Å². The maximum absolute atomic E-state index is 12.3. The lowest BCUT2D eigenvalue weighted by Crippen LogP contribution is -2.38. The van der Waals surface area contributed by atoms with Gasteiger partial charge < -0.3 is 4.90 Å². The number of likely N-dealkylation sites (N-methyl/N-ethyl adjacent to an activating group) is 2. The summed E-state index contributed by atoms with van der Waals surface area (Å²) in [7, 11) is 1.86. The van der Waals surface area contributed by atoms with Gasteiger partial charge in [0.2, 0.25) is 5.91 Å². The lowest BCUT2D eigenvalue weighted by Gasteiger charge is -2.24. The van der Waals surface area contributed by atoms with E-state index >= 15 is 0 Å². The van der Waals surface area contributed by atoms with Gasteiger partial charge in [0.15, 0.2) is 0 Å². The molecule has 0 N–H and O–H groups in total. The molecule has 0 aliphatic rings. The van der Waals surface area contributed by atoms with Gasteiger partial charge in [0.05, 0.1) is 6.54 Å². The van der Waals surface area contributed by atoms with Crippen LogP contribution in [-0.4, -0.2) is 42.4 Å². The molecule has 0 aromatic heterocycles. The molecule has 110 valence electrons. The van der Waals surface area contributed by atoms with Crippen LogP contribution in [0.4, 0.5) is 0 Å². The van der Waals surface area contributed by atoms with Crippen LogP contribution in [-0.2, 0) is 11.3 Å². The van der Waals surface area contributed by atoms with Crippen molar-refractivity contribution in [2.75, 3.05) is 26.7 Å². The summed E-state index contributed by atoms with van der Waals surface area (Å²) in [5, 5.41) is 0. The minimum atomic E-state index is 0.149. The molecule has 1 amide bonds. The largest absolute Gasteiger partial charge is 0.340 e. The fourth-order valence-corrected chi connectivity index (χ4v) is 2.10. The monoisotopic (exact) mass is 274 g/mol. The van der Waals surface area contributed by atoms with E-state index in [9.17, 15) is 4.79 Å². The molecule has 1 rings (SSSR count). The third kappa shape index (κ3) is 5.17. The van der Waals surface area contributed by atoms with E-state index in [1.807, 2.05) is 26.1 Å². The van der Waals surface area contributed by atoms with Crippen LogP contribution in [0.3, 0.4) is 0 Å². The summed E-state index contributed by atoms with van der Waals surface area (Å²) in [6, 6.07) is 8.18. The lowest BCUT2D eigenvalue weighted by atomic mass is 10.1. The molecule has 3 heteroatoms. The van der Waals surface area contributed by atoms with Gasteiger partial charge in [-0.1, -0.05) is 43.3 Å². The third-order valence-electron chi connectivity index (χ3n) is 3.39. The summed E-state index contributed by atoms with van der Waals surface area (Å²) >= 11 is 0. The molecule has 0 saturated carbocycles. The standard InChI is InChI=1S/C17H26N2O/c1-6-19(11-14(2)3)13-17(20)18(5)12-16-10-8-7-9-15(16)4/h7-10H,2,6,11-13H2,1,3-5H3. The Kier molecular flexibility index (Phi) is 6.46. The molecule has 0 atom stereocenters. The van der Waals surface area contributed by atoms with Crippen molar-refractivity contribution in [2.45, 2.75) is 27.3 Å². The minimum absolute atomic E-state index is 0.149. The Morgan fingerprint density at radius 2 is 1.90 bits per heavy atom. The fourth-order valence-electron chi connectivity index (χ4n) is 2.10. The molecule has 3 nitrogen and oxygen atoms in total. The Morgan fingerprint density at radius 1 is 1.25 bits per heavy atom. The number of nitrogens with zero attached hydrogens (tertiary/aromatic N) is 2. The van der Waals surface area contributed by atoms with Gasteiger partial charge in [0.25, 0.3) is 0 Å². The molecule has 0 unspecified atom stereocenters. The fraction of sp³-hybridized carbons (Fsp3) is 0.471. The number of hydrogen-bond acceptors (Lipinski definition) is 2. The first kappa shape index (κ1) is 16.4. The van der Waals surface area contributed by atoms with Crippen LogP contribution in [0.2, 0.25) is 0 Å². The quantitative estimate of drug-likeness (QED) is 0.714. The van der Waals surface area contributed by atoms with Crippen molar-refractivity contribution in [2.24, 2.45) is 0 Å². The van der Waals surface area contributed by atoms with Gasteiger partial charge in [-0.2, -0.15) is 0 Å². The molecule has 0 spiro atoms. The van der Waals surface area contributed by atoms with Crippen LogP contribution in [0.15, 0.2) is 36.4 Å². The minimum Gasteiger partial charge on any atom is -0.340 e. The van der Waals surface area contributed by atoms with E-state index in [2.05, 4.69) is 37.5 Å². The van der Waals surface area contributed by atoms with Crippen molar-refractivity contribution >= 4 is 5.91 Å². The number of amides is 1. The SMILES string of the molecule is C=C(C)CN(CC)CC(=O)N(C)Cc1ccccc1C. The van der Waals surface area contributed by atoms with Gasteiger partial charge in [0, 0.05) is 20.1 Å². The molecule has 0 fully saturated rings. The first-order chi connectivity index (χ1) is 9.43. The number of benzene rings is 1. The Morgan fingerprint density at radius 3 is 2.45 bits per heavy atom. The van der Waals surface area contributed by atoms with E-state index < -0.39 is 0 Å². The Hall–Kier alpha value is -1.61. The van der Waals surface area contributed by atoms with Crippen molar-refractivity contribution in [1.82, 2.24) is 9.80 Å². The Balaban J connectivity index is 2.58. The molecule has 0 radical (unpaired) electrons. The summed E-state index contributed by atoms with van der Waals surface area (Å²) in [5.41, 5.74) is 3.51. The summed E-state index contributed by atoms with van der Waals surface area (Å²) in [6.07, 6.45) is 0. The lowest BCUT2D eigenvalue weighted by molar-refractivity contribution is -0.131. The summed E-state index contributed by atoms with van der Waals surface area (Å²) in [6.45, 7) is 12.8. The van der Waals surface area contributed by atoms with Gasteiger partial charge in [-0.3, -0.25) is 9.69 Å². The van der Waals surface area contributed by atoms with Crippen molar-refractivity contribution in [1.29, 1.82) is 0 Å². The first-order valence-corrected chi connectivity index (χ1v) is 7.09. The maximum atomic E-state index is 12.3. The molecule has 0 heterocycles. The third-order valence-corrected chi connectivity index (χ3v) is 3.39. The van der Waals surface area contributed by atoms with Crippen molar-refractivity contribution in [3.05, 3.63) is 47.5 Å². The van der Waals surface area contributed by atoms with Crippen LogP contribution >= 0.6 is 0 Å². The smallest absolute Gasteiger partial charge is 0.236 e. The van der Waals surface area contributed by atoms with Crippen molar-refractivity contribution < 1.29 is 4.79 Å². The Bertz CT molecular complexity index is 468. The Labute approximate surface area is 122 Å². The molecule has 1 aromatic carbocycles. The highest BCUT2D eigenvalue weighted by Crippen LogP contribution is 2.10. The second kappa shape index (κ2) is 7.85. The summed E-state index contributed by atoms with van der Waals surface area (Å²) in [5.74, 6) is 0.149. The highest BCUT2D eigenvalue weighted by Gasteiger charge is 2.14. The van der Waals surface area contributed by atoms with Crippen LogP contribution < -0.4 is 0 Å². The molecule has 0 aliphatic heterocycles. The predicted molar refractivity (Wildman–Crippen MR) is 84.6 cm³/mol. The van der Waals surface area contributed by atoms with E-state index in [4.69, 9.17) is 0 Å². The van der Waals surface area contributed by atoms with Gasteiger partial charge in [0.1, 0.15) is 0 Å². The van der Waals surface area contributed by atoms with E-state index in [0.29, 0.717) is 13.1 Å². The number of carbonyl (C=O) groups is 1. The zero-order valence-electron chi connectivity index (χ0n) is 13.1. The molecular formula is C17H26N2O. The molecule has 0 aliphatic carbocycles. The van der Waals surface area contributed by atoms with E-state index in [-0.39, 0.29) is 5.91 Å². The normalized spacial score (nSPS) is 10.7. The topological polar surface area (TPSA) is 23.6 Å². The highest BCUT2D eigenvalue weighted by molar-refractivity contribution is 5.78. The van der Waals surface area contributed by atoms with E-state index in [0.717, 1.165) is 18.7 Å². The number of carbonyl (C=O) groups excluding carboxylic acids is 1. The van der Waals surface area contributed by atoms with Crippen LogP contribution in [0.25, 0.3) is 0 Å². The first-order valence-electron chi connectivity index (χ1n) is 7.09. The molecule has 0 bridgehead atoms. The number of rotatable bonds is 7. The number of aryl methyl sites for hydroxylation is 1. The van der Waals surface area contributed by atoms with Gasteiger partial charge in [-0.25, -0.2) is 0 Å². The molecule has 1 aromatic rings. The summed E-state index contributed by atoms with van der Waals surface area (Å²) < 4.78 is 0. The van der Waals surface area contributed by atoms with Gasteiger partial charge >= 0.3 is 0 Å². The average molecular weight is 274 g/mol. The maximum Gasteiger partial charge on any atom is 0.236 e. The second-order valence-corrected chi connectivity index (χ2v) is 5.44. The molecular weight excluding hydrogens is 248 g/mol. The highest BCUT2D eigenvalue weighted by atomic mass is 16.2. The number of hydrogen-bond donors (Lipinski definition) is 0. The van der Waals surface area contributed by atoms with Gasteiger partial charge in [-0.05, 0) is 31.5 Å². The molecule has 0 saturated heterocycles. The van der Waals surface area contributed by atoms with Crippen LogP contribution in [0.5, 0.6) is 0 Å². The van der Waals surface area contributed by atoms with Crippen molar-refractivity contribution in [3.63, 3.8) is 0 Å². The predicted octanol–water partition coefficient (Wildman–Crippen LogP) is 2.85. The average Bonchev–Trinajstić information content (AvgIpc) is 2.39. The second-order valence-electron chi connectivity index (χ2n) is 5.44. The molecule has 20 heavy (non-hydrogen) atoms. The van der Waals surface area contributed by atoms with Crippen LogP contribution in [0.1, 0.15) is 25.0 Å². The van der Waals surface area contributed by atoms with Crippen molar-refractivity contribution in [3.8, 4) is 0 Å². The van der Waals surface area contributed by atoms with E-state index in [1.165, 1.54) is 11.1 Å². The summed E-state index contributed by atoms with van der Waals surface area (Å²) in [4.78, 5) is 16.2. The zero-order chi connectivity index (χ0) is 15.1. The zero-order valence-corrected chi connectivity index (χ0v) is 13.1. The van der Waals surface area contributed by atoms with Gasteiger partial charge in [-0.15, -0.1) is 0 Å². The van der Waals surface area contributed by atoms with E-state index in [1.54, 1.807) is 4.90 Å².